The summed E-state index contributed by atoms with van der Waals surface area (Å²) in [6, 6.07) is 7.25. The van der Waals surface area contributed by atoms with Gasteiger partial charge in [0.15, 0.2) is 6.23 Å². The van der Waals surface area contributed by atoms with E-state index < -0.39 is 36.3 Å². The Morgan fingerprint density at radius 3 is 2.66 bits per heavy atom. The fourth-order valence-corrected chi connectivity index (χ4v) is 6.75. The standard InChI is InChI=1S/C26H38F3N5O4/c1-17-15-20(34(35)36)21-23-31-32-24(38-23)25(26(27,28)29,37-16-18-9-4-2-5-10-18)13-7-3-6-11-19-12-8-14-33(19)22(17)30-21/h2,4-5,9-10,17,19-24,30-32H,3,6-8,11-16H2,1H3/t17?,19-,20?,21?,22?,23?,24?,25?/m0/s1. The van der Waals surface area contributed by atoms with Crippen molar-refractivity contribution in [2.45, 2.75) is 113 Å². The number of rotatable bonds is 4. The molecule has 7 unspecified atom stereocenters. The zero-order valence-electron chi connectivity index (χ0n) is 21.7. The van der Waals surface area contributed by atoms with Crippen molar-refractivity contribution < 1.29 is 27.6 Å². The SMILES string of the molecule is CC1CC([N+](=O)[O-])C2NC1N1CCC[C@@H]1CCCCCC(OCc1ccccc1)(C(F)(F)F)C1NNC2O1. The molecule has 3 N–H and O–H groups in total. The largest absolute Gasteiger partial charge is 0.421 e. The van der Waals surface area contributed by atoms with E-state index in [-0.39, 0.29) is 30.0 Å². The van der Waals surface area contributed by atoms with Crippen LogP contribution in [0.15, 0.2) is 30.3 Å². The van der Waals surface area contributed by atoms with Crippen molar-refractivity contribution in [2.24, 2.45) is 5.92 Å². The van der Waals surface area contributed by atoms with Crippen LogP contribution in [0.3, 0.4) is 0 Å². The van der Waals surface area contributed by atoms with Gasteiger partial charge in [-0.2, -0.15) is 13.2 Å². The van der Waals surface area contributed by atoms with Gasteiger partial charge in [0.2, 0.25) is 11.6 Å². The fourth-order valence-electron chi connectivity index (χ4n) is 6.75. The normalized spacial score (nSPS) is 38.9. The van der Waals surface area contributed by atoms with E-state index in [9.17, 15) is 23.3 Å². The molecule has 0 radical (unpaired) electrons. The molecule has 0 amide bonds. The third-order valence-electron chi connectivity index (χ3n) is 8.77. The van der Waals surface area contributed by atoms with Crippen molar-refractivity contribution >= 4 is 0 Å². The summed E-state index contributed by atoms with van der Waals surface area (Å²) >= 11 is 0. The van der Waals surface area contributed by atoms with E-state index in [1.807, 2.05) is 6.92 Å². The molecule has 0 aliphatic carbocycles. The average Bonchev–Trinajstić information content (AvgIpc) is 3.55. The Labute approximate surface area is 220 Å². The zero-order chi connectivity index (χ0) is 26.9. The van der Waals surface area contributed by atoms with Crippen molar-refractivity contribution in [3.63, 3.8) is 0 Å². The van der Waals surface area contributed by atoms with Gasteiger partial charge in [-0.1, -0.05) is 56.5 Å². The van der Waals surface area contributed by atoms with Gasteiger partial charge in [0.25, 0.3) is 0 Å². The van der Waals surface area contributed by atoms with Crippen LogP contribution in [0.2, 0.25) is 0 Å². The maximum absolute atomic E-state index is 14.9. The van der Waals surface area contributed by atoms with Crippen LogP contribution in [0.5, 0.6) is 0 Å². The molecule has 4 heterocycles. The third kappa shape index (κ3) is 5.44. The van der Waals surface area contributed by atoms with Crippen LogP contribution in [0.4, 0.5) is 13.2 Å². The number of nitrogens with one attached hydrogen (secondary N) is 3. The molecule has 8 atom stereocenters. The van der Waals surface area contributed by atoms with Crippen molar-refractivity contribution in [2.75, 3.05) is 6.54 Å². The van der Waals surface area contributed by atoms with Gasteiger partial charge in [0.1, 0.15) is 12.3 Å². The van der Waals surface area contributed by atoms with Gasteiger partial charge in [0, 0.05) is 17.4 Å². The minimum Gasteiger partial charge on any atom is -0.357 e. The molecule has 0 saturated carbocycles. The molecule has 0 aromatic heterocycles. The number of ether oxygens (including phenoxy) is 2. The number of nitrogens with zero attached hydrogens (tertiary/aromatic N) is 2. The molecule has 4 aliphatic rings. The highest BCUT2D eigenvalue weighted by atomic mass is 19.4. The second-order valence-corrected chi connectivity index (χ2v) is 11.2. The van der Waals surface area contributed by atoms with Crippen LogP contribution >= 0.6 is 0 Å². The summed E-state index contributed by atoms with van der Waals surface area (Å²) in [7, 11) is 0. The van der Waals surface area contributed by atoms with Crippen molar-refractivity contribution in [1.82, 2.24) is 21.1 Å². The molecule has 4 bridgehead atoms. The first-order chi connectivity index (χ1) is 18.2. The van der Waals surface area contributed by atoms with Crippen LogP contribution in [-0.2, 0) is 16.1 Å². The summed E-state index contributed by atoms with van der Waals surface area (Å²) in [5, 5.41) is 15.5. The number of hydrogen-bond donors (Lipinski definition) is 3. The predicted octanol–water partition coefficient (Wildman–Crippen LogP) is 3.68. The minimum absolute atomic E-state index is 0.0174. The second kappa shape index (κ2) is 11.3. The van der Waals surface area contributed by atoms with E-state index in [4.69, 9.17) is 9.47 Å². The summed E-state index contributed by atoms with van der Waals surface area (Å²) < 4.78 is 56.5. The van der Waals surface area contributed by atoms with E-state index in [0.29, 0.717) is 30.9 Å². The summed E-state index contributed by atoms with van der Waals surface area (Å²) in [5.74, 6) is 0.0174. The molecule has 4 aliphatic heterocycles. The predicted molar refractivity (Wildman–Crippen MR) is 133 cm³/mol. The number of fused-ring (bicyclic) bond motifs is 7. The fraction of sp³-hybridized carbons (Fsp3) is 0.769. The number of nitro groups is 1. The Morgan fingerprint density at radius 2 is 1.92 bits per heavy atom. The van der Waals surface area contributed by atoms with Gasteiger partial charge in [-0.05, 0) is 43.7 Å². The summed E-state index contributed by atoms with van der Waals surface area (Å²) in [6.07, 6.45) is -2.62. The van der Waals surface area contributed by atoms with E-state index in [1.165, 1.54) is 0 Å². The van der Waals surface area contributed by atoms with Crippen LogP contribution < -0.4 is 16.2 Å². The number of alkyl halides is 3. The molecule has 212 valence electrons. The Morgan fingerprint density at radius 1 is 1.16 bits per heavy atom. The first-order valence-electron chi connectivity index (χ1n) is 13.8. The maximum atomic E-state index is 14.9. The molecule has 4 fully saturated rings. The molecule has 0 spiro atoms. The molecule has 1 aromatic carbocycles. The number of benzene rings is 1. The molecule has 1 aromatic rings. The number of hydrogen-bond acceptors (Lipinski definition) is 8. The summed E-state index contributed by atoms with van der Waals surface area (Å²) in [5.41, 5.74) is 3.51. The first-order valence-corrected chi connectivity index (χ1v) is 13.8. The van der Waals surface area contributed by atoms with E-state index in [0.717, 1.165) is 32.2 Å². The lowest BCUT2D eigenvalue weighted by molar-refractivity contribution is -0.535. The van der Waals surface area contributed by atoms with Crippen molar-refractivity contribution in [3.8, 4) is 0 Å². The zero-order valence-corrected chi connectivity index (χ0v) is 21.7. The number of piperidine rings is 1. The van der Waals surface area contributed by atoms with Crippen LogP contribution in [0.25, 0.3) is 0 Å². The van der Waals surface area contributed by atoms with Gasteiger partial charge in [-0.3, -0.25) is 20.3 Å². The van der Waals surface area contributed by atoms with Gasteiger partial charge < -0.3 is 9.47 Å². The van der Waals surface area contributed by atoms with Crippen molar-refractivity contribution in [1.29, 1.82) is 0 Å². The topological polar surface area (TPSA) is 101 Å². The lowest BCUT2D eigenvalue weighted by atomic mass is 9.86. The minimum atomic E-state index is -4.74. The van der Waals surface area contributed by atoms with Crippen LogP contribution in [0.1, 0.15) is 63.9 Å². The molecular weight excluding hydrogens is 503 g/mol. The molecule has 9 nitrogen and oxygen atoms in total. The van der Waals surface area contributed by atoms with Gasteiger partial charge in [-0.15, -0.1) is 0 Å². The molecule has 4 saturated heterocycles. The molecule has 12 heteroatoms. The molecular formula is C26H38F3N5O4. The van der Waals surface area contributed by atoms with Crippen molar-refractivity contribution in [3.05, 3.63) is 46.0 Å². The summed E-state index contributed by atoms with van der Waals surface area (Å²) in [6.45, 7) is 2.69. The van der Waals surface area contributed by atoms with Crippen LogP contribution in [0, 0.1) is 16.0 Å². The van der Waals surface area contributed by atoms with Gasteiger partial charge >= 0.3 is 6.18 Å². The van der Waals surface area contributed by atoms with E-state index in [2.05, 4.69) is 21.1 Å². The monoisotopic (exact) mass is 541 g/mol. The summed E-state index contributed by atoms with van der Waals surface area (Å²) in [4.78, 5) is 14.1. The Balaban J connectivity index is 1.46. The number of hydrazine groups is 1. The highest BCUT2D eigenvalue weighted by Crippen LogP contribution is 2.44. The highest BCUT2D eigenvalue weighted by Gasteiger charge is 2.64. The lowest BCUT2D eigenvalue weighted by Crippen LogP contribution is -2.67. The third-order valence-corrected chi connectivity index (χ3v) is 8.77. The van der Waals surface area contributed by atoms with E-state index >= 15 is 0 Å². The Kier molecular flexibility index (Phi) is 8.28. The highest BCUT2D eigenvalue weighted by molar-refractivity contribution is 5.14. The Hall–Kier alpha value is -1.83. The maximum Gasteiger partial charge on any atom is 0.421 e. The first kappa shape index (κ1) is 27.7. The quantitative estimate of drug-likeness (QED) is 0.392. The Bertz CT molecular complexity index is 957. The molecule has 38 heavy (non-hydrogen) atoms. The second-order valence-electron chi connectivity index (χ2n) is 11.2. The van der Waals surface area contributed by atoms with Crippen LogP contribution in [-0.4, -0.2) is 64.9 Å². The smallest absolute Gasteiger partial charge is 0.357 e. The number of halogens is 3. The molecule has 5 rings (SSSR count). The van der Waals surface area contributed by atoms with Gasteiger partial charge in [-0.25, -0.2) is 10.9 Å². The lowest BCUT2D eigenvalue weighted by Gasteiger charge is -2.45. The average molecular weight is 542 g/mol. The van der Waals surface area contributed by atoms with E-state index in [1.54, 1.807) is 30.3 Å². The van der Waals surface area contributed by atoms with Gasteiger partial charge in [0.05, 0.1) is 12.8 Å².